The average Bonchev–Trinajstić information content (AvgIpc) is 1.58. The molecule has 3 heteroatoms. The predicted molar refractivity (Wildman–Crippen MR) is 45.5 cm³/mol. The van der Waals surface area contributed by atoms with E-state index < -0.39 is 5.60 Å². The van der Waals surface area contributed by atoms with Gasteiger partial charge in [0.15, 0.2) is 0 Å². The maximum atomic E-state index is 8.89. The van der Waals surface area contributed by atoms with Gasteiger partial charge in [0.25, 0.3) is 0 Å². The van der Waals surface area contributed by atoms with Gasteiger partial charge >= 0.3 is 0 Å². The van der Waals surface area contributed by atoms with Crippen molar-refractivity contribution in [2.45, 2.75) is 39.4 Å². The zero-order chi connectivity index (χ0) is 9.49. The molecule has 0 fully saturated rings. The zero-order valence-corrected chi connectivity index (χ0v) is 8.09. The number of aliphatic hydroxyl groups excluding tert-OH is 1. The average molecular weight is 164 g/mol. The van der Waals surface area contributed by atoms with E-state index >= 15 is 0 Å². The van der Waals surface area contributed by atoms with Crippen LogP contribution in [0.1, 0.15) is 27.7 Å². The molecular formula is C8H20O3. The van der Waals surface area contributed by atoms with Crippen LogP contribution in [0.2, 0.25) is 0 Å². The first-order chi connectivity index (χ1) is 4.79. The van der Waals surface area contributed by atoms with Crippen molar-refractivity contribution < 1.29 is 14.9 Å². The predicted octanol–water partition coefficient (Wildman–Crippen LogP) is 0.791. The SMILES string of the molecule is CC(C)O.COCC(C)(C)O. The Bertz CT molecular complexity index is 71.1. The molecule has 0 spiro atoms. The van der Waals surface area contributed by atoms with E-state index in [1.165, 1.54) is 0 Å². The van der Waals surface area contributed by atoms with Gasteiger partial charge in [0.1, 0.15) is 0 Å². The standard InChI is InChI=1S/C5H12O2.C3H8O/c1-5(2,6)4-7-3;1-3(2)4/h6H,4H2,1-3H3;3-4H,1-2H3. The molecule has 0 amide bonds. The van der Waals surface area contributed by atoms with Crippen LogP contribution in [0, 0.1) is 0 Å². The van der Waals surface area contributed by atoms with E-state index in [1.54, 1.807) is 34.8 Å². The van der Waals surface area contributed by atoms with Crippen molar-refractivity contribution in [2.24, 2.45) is 0 Å². The summed E-state index contributed by atoms with van der Waals surface area (Å²) in [5.41, 5.74) is -0.672. The Labute approximate surface area is 69.0 Å². The fourth-order valence-corrected chi connectivity index (χ4v) is 0.353. The number of rotatable bonds is 2. The molecule has 0 aromatic rings. The van der Waals surface area contributed by atoms with Crippen molar-refractivity contribution in [1.29, 1.82) is 0 Å². The Morgan fingerprint density at radius 3 is 1.64 bits per heavy atom. The first-order valence-electron chi connectivity index (χ1n) is 3.69. The number of ether oxygens (including phenoxy) is 1. The quantitative estimate of drug-likeness (QED) is 0.634. The summed E-state index contributed by atoms with van der Waals surface area (Å²) in [5, 5.41) is 16.9. The van der Waals surface area contributed by atoms with E-state index in [9.17, 15) is 0 Å². The molecule has 0 unspecified atom stereocenters. The van der Waals surface area contributed by atoms with Crippen LogP contribution < -0.4 is 0 Å². The highest BCUT2D eigenvalue weighted by Gasteiger charge is 2.09. The zero-order valence-electron chi connectivity index (χ0n) is 8.09. The monoisotopic (exact) mass is 164 g/mol. The van der Waals surface area contributed by atoms with Gasteiger partial charge < -0.3 is 14.9 Å². The maximum absolute atomic E-state index is 8.89. The molecule has 0 aromatic carbocycles. The second-order valence-corrected chi connectivity index (χ2v) is 3.34. The molecule has 0 aliphatic rings. The normalized spacial score (nSPS) is 10.9. The highest BCUT2D eigenvalue weighted by Crippen LogP contribution is 1.98. The van der Waals surface area contributed by atoms with Crippen molar-refractivity contribution >= 4 is 0 Å². The molecule has 0 heterocycles. The van der Waals surface area contributed by atoms with E-state index in [0.29, 0.717) is 6.61 Å². The van der Waals surface area contributed by atoms with Crippen LogP contribution in [-0.2, 0) is 4.74 Å². The summed E-state index contributed by atoms with van der Waals surface area (Å²) in [6.45, 7) is 7.25. The van der Waals surface area contributed by atoms with Gasteiger partial charge in [0.2, 0.25) is 0 Å². The van der Waals surface area contributed by atoms with E-state index in [4.69, 9.17) is 10.2 Å². The lowest BCUT2D eigenvalue weighted by Gasteiger charge is -2.13. The molecule has 0 rings (SSSR count). The van der Waals surface area contributed by atoms with E-state index in [0.717, 1.165) is 0 Å². The van der Waals surface area contributed by atoms with Crippen molar-refractivity contribution in [3.63, 3.8) is 0 Å². The van der Waals surface area contributed by atoms with E-state index in [1.807, 2.05) is 0 Å². The summed E-state index contributed by atoms with van der Waals surface area (Å²) in [7, 11) is 1.57. The van der Waals surface area contributed by atoms with Crippen LogP contribution in [0.5, 0.6) is 0 Å². The third-order valence-electron chi connectivity index (χ3n) is 0.498. The lowest BCUT2D eigenvalue weighted by Crippen LogP contribution is -2.24. The molecule has 11 heavy (non-hydrogen) atoms. The molecule has 0 saturated heterocycles. The maximum Gasteiger partial charge on any atom is 0.0824 e. The minimum absolute atomic E-state index is 0.167. The highest BCUT2D eigenvalue weighted by molar-refractivity contribution is 4.61. The summed E-state index contributed by atoms with van der Waals surface area (Å²) in [4.78, 5) is 0. The van der Waals surface area contributed by atoms with Crippen molar-refractivity contribution in [3.8, 4) is 0 Å². The first-order valence-corrected chi connectivity index (χ1v) is 3.69. The second kappa shape index (κ2) is 6.58. The number of aliphatic hydroxyl groups is 2. The Balaban J connectivity index is 0. The molecule has 70 valence electrons. The van der Waals surface area contributed by atoms with E-state index in [2.05, 4.69) is 4.74 Å². The summed E-state index contributed by atoms with van der Waals surface area (Å²) in [6, 6.07) is 0. The molecule has 2 N–H and O–H groups in total. The van der Waals surface area contributed by atoms with Gasteiger partial charge in [-0.15, -0.1) is 0 Å². The summed E-state index contributed by atoms with van der Waals surface area (Å²) in [6.07, 6.45) is -0.167. The van der Waals surface area contributed by atoms with Crippen molar-refractivity contribution in [2.75, 3.05) is 13.7 Å². The van der Waals surface area contributed by atoms with Gasteiger partial charge in [-0.25, -0.2) is 0 Å². The Morgan fingerprint density at radius 1 is 1.36 bits per heavy atom. The smallest absolute Gasteiger partial charge is 0.0824 e. The van der Waals surface area contributed by atoms with Gasteiger partial charge in [-0.05, 0) is 27.7 Å². The molecular weight excluding hydrogens is 144 g/mol. The van der Waals surface area contributed by atoms with E-state index in [-0.39, 0.29) is 6.10 Å². The van der Waals surface area contributed by atoms with Crippen LogP contribution in [0.15, 0.2) is 0 Å². The van der Waals surface area contributed by atoms with Gasteiger partial charge in [-0.1, -0.05) is 0 Å². The van der Waals surface area contributed by atoms with Gasteiger partial charge in [0.05, 0.1) is 12.2 Å². The fourth-order valence-electron chi connectivity index (χ4n) is 0.353. The third-order valence-corrected chi connectivity index (χ3v) is 0.498. The topological polar surface area (TPSA) is 49.7 Å². The molecule has 0 aliphatic carbocycles. The molecule has 0 radical (unpaired) electrons. The number of hydrogen-bond donors (Lipinski definition) is 2. The Morgan fingerprint density at radius 2 is 1.64 bits per heavy atom. The Kier molecular flexibility index (Phi) is 8.06. The molecule has 0 atom stereocenters. The number of hydrogen-bond acceptors (Lipinski definition) is 3. The largest absolute Gasteiger partial charge is 0.394 e. The molecule has 0 bridgehead atoms. The van der Waals surface area contributed by atoms with Gasteiger partial charge in [0, 0.05) is 13.2 Å². The lowest BCUT2D eigenvalue weighted by atomic mass is 10.2. The number of methoxy groups -OCH3 is 1. The summed E-state index contributed by atoms with van der Waals surface area (Å²) >= 11 is 0. The molecule has 0 saturated carbocycles. The van der Waals surface area contributed by atoms with Crippen LogP contribution in [0.25, 0.3) is 0 Å². The minimum Gasteiger partial charge on any atom is -0.394 e. The van der Waals surface area contributed by atoms with Gasteiger partial charge in [-0.2, -0.15) is 0 Å². The van der Waals surface area contributed by atoms with Crippen LogP contribution in [0.4, 0.5) is 0 Å². The molecule has 0 aliphatic heterocycles. The van der Waals surface area contributed by atoms with Gasteiger partial charge in [-0.3, -0.25) is 0 Å². The van der Waals surface area contributed by atoms with Crippen molar-refractivity contribution in [3.05, 3.63) is 0 Å². The fraction of sp³-hybridized carbons (Fsp3) is 1.00. The van der Waals surface area contributed by atoms with Crippen LogP contribution in [0.3, 0.4) is 0 Å². The van der Waals surface area contributed by atoms with Crippen LogP contribution >= 0.6 is 0 Å². The first kappa shape index (κ1) is 13.5. The highest BCUT2D eigenvalue weighted by atomic mass is 16.5. The third kappa shape index (κ3) is 40.8. The van der Waals surface area contributed by atoms with Crippen molar-refractivity contribution in [1.82, 2.24) is 0 Å². The van der Waals surface area contributed by atoms with Crippen LogP contribution in [-0.4, -0.2) is 35.6 Å². The Hall–Kier alpha value is -0.120. The summed E-state index contributed by atoms with van der Waals surface area (Å²) < 4.78 is 4.66. The molecule has 0 aromatic heterocycles. The second-order valence-electron chi connectivity index (χ2n) is 3.34. The lowest BCUT2D eigenvalue weighted by molar-refractivity contribution is -0.00196. The molecule has 3 nitrogen and oxygen atoms in total. The summed E-state index contributed by atoms with van der Waals surface area (Å²) in [5.74, 6) is 0. The minimum atomic E-state index is -0.672.